The van der Waals surface area contributed by atoms with Gasteiger partial charge in [-0.3, -0.25) is 0 Å². The topological polar surface area (TPSA) is 94.8 Å². The average Bonchev–Trinajstić information content (AvgIpc) is 3.08. The number of aryl methyl sites for hydroxylation is 1. The fourth-order valence-electron chi connectivity index (χ4n) is 2.88. The van der Waals surface area contributed by atoms with Gasteiger partial charge in [0.1, 0.15) is 23.9 Å². The molecule has 1 heterocycles. The quantitative estimate of drug-likeness (QED) is 0.329. The predicted octanol–water partition coefficient (Wildman–Crippen LogP) is 2.36. The van der Waals surface area contributed by atoms with E-state index in [1.807, 2.05) is 43.7 Å². The maximum absolute atomic E-state index is 5.53. The Bertz CT molecular complexity index is 821. The number of guanidine groups is 1. The molecule has 9 nitrogen and oxygen atoms in total. The van der Waals surface area contributed by atoms with E-state index in [9.17, 15) is 0 Å². The summed E-state index contributed by atoms with van der Waals surface area (Å²) in [6, 6.07) is 5.69. The molecule has 0 saturated carbocycles. The molecule has 0 radical (unpaired) electrons. The van der Waals surface area contributed by atoms with Crippen LogP contribution in [0.2, 0.25) is 0 Å². The Kier molecular flexibility index (Phi) is 9.40. The van der Waals surface area contributed by atoms with Gasteiger partial charge in [0.25, 0.3) is 0 Å². The molecule has 0 aliphatic rings. The number of nitrogens with one attached hydrogen (secondary N) is 2. The van der Waals surface area contributed by atoms with E-state index in [1.54, 1.807) is 14.2 Å². The first-order valence-electron chi connectivity index (χ1n) is 10.2. The number of hydrogen-bond acceptors (Lipinski definition) is 6. The molecule has 1 aromatic heterocycles. The highest BCUT2D eigenvalue weighted by Crippen LogP contribution is 2.29. The Balaban J connectivity index is 2.14. The van der Waals surface area contributed by atoms with Crippen molar-refractivity contribution in [2.45, 2.75) is 39.8 Å². The summed E-state index contributed by atoms with van der Waals surface area (Å²) in [5.41, 5.74) is 0.982. The Morgan fingerprint density at radius 3 is 2.67 bits per heavy atom. The van der Waals surface area contributed by atoms with Crippen molar-refractivity contribution < 1.29 is 14.2 Å². The van der Waals surface area contributed by atoms with Crippen molar-refractivity contribution in [3.05, 3.63) is 35.4 Å². The molecular weight excluding hydrogens is 384 g/mol. The number of methoxy groups -OCH3 is 2. The van der Waals surface area contributed by atoms with Crippen LogP contribution in [-0.4, -0.2) is 54.7 Å². The van der Waals surface area contributed by atoms with Crippen molar-refractivity contribution >= 4 is 5.96 Å². The minimum atomic E-state index is -0.0607. The van der Waals surface area contributed by atoms with Crippen LogP contribution in [0.15, 0.2) is 23.2 Å². The number of nitrogens with zero attached hydrogens (tertiary/aromatic N) is 4. The summed E-state index contributed by atoms with van der Waals surface area (Å²) in [5, 5.41) is 15.1. The number of benzene rings is 1. The van der Waals surface area contributed by atoms with E-state index in [0.717, 1.165) is 48.3 Å². The van der Waals surface area contributed by atoms with Crippen molar-refractivity contribution in [2.24, 2.45) is 12.0 Å². The average molecular weight is 419 g/mol. The molecule has 9 heteroatoms. The lowest BCUT2D eigenvalue weighted by molar-refractivity contribution is 0.145. The predicted molar refractivity (Wildman–Crippen MR) is 117 cm³/mol. The van der Waals surface area contributed by atoms with Gasteiger partial charge < -0.3 is 29.4 Å². The van der Waals surface area contributed by atoms with Gasteiger partial charge in [-0.25, -0.2) is 4.99 Å². The van der Waals surface area contributed by atoms with Crippen LogP contribution in [0, 0.1) is 6.92 Å². The number of rotatable bonds is 11. The van der Waals surface area contributed by atoms with Gasteiger partial charge in [0.2, 0.25) is 0 Å². The Morgan fingerprint density at radius 1 is 1.23 bits per heavy atom. The van der Waals surface area contributed by atoms with Gasteiger partial charge in [0.05, 0.1) is 20.3 Å². The lowest BCUT2D eigenvalue weighted by Crippen LogP contribution is -2.39. The standard InChI is InChI=1S/C21H34N6O3/c1-7-30-12-8-11-22-21(23-14-20-26-25-16(3)27(20)4)24-15(2)18-13-17(28-5)9-10-19(18)29-6/h9-10,13,15H,7-8,11-12,14H2,1-6H3,(H2,22,23,24). The second-order valence-electron chi connectivity index (χ2n) is 6.84. The van der Waals surface area contributed by atoms with Gasteiger partial charge in [0, 0.05) is 32.4 Å². The molecule has 0 spiro atoms. The zero-order valence-corrected chi connectivity index (χ0v) is 18.9. The van der Waals surface area contributed by atoms with Crippen molar-refractivity contribution in [3.8, 4) is 11.5 Å². The minimum Gasteiger partial charge on any atom is -0.497 e. The van der Waals surface area contributed by atoms with E-state index in [0.29, 0.717) is 19.1 Å². The molecule has 30 heavy (non-hydrogen) atoms. The van der Waals surface area contributed by atoms with E-state index in [4.69, 9.17) is 19.2 Å². The maximum Gasteiger partial charge on any atom is 0.192 e. The summed E-state index contributed by atoms with van der Waals surface area (Å²) in [6.45, 7) is 8.55. The summed E-state index contributed by atoms with van der Waals surface area (Å²) in [5.74, 6) is 3.90. The maximum atomic E-state index is 5.53. The zero-order chi connectivity index (χ0) is 21.9. The van der Waals surface area contributed by atoms with Crippen LogP contribution < -0.4 is 20.1 Å². The molecule has 166 valence electrons. The Labute approximate surface area is 178 Å². The highest BCUT2D eigenvalue weighted by molar-refractivity contribution is 5.80. The molecule has 0 bridgehead atoms. The van der Waals surface area contributed by atoms with Gasteiger partial charge >= 0.3 is 0 Å². The monoisotopic (exact) mass is 418 g/mol. The normalized spacial score (nSPS) is 12.5. The van der Waals surface area contributed by atoms with Crippen molar-refractivity contribution in [1.82, 2.24) is 25.4 Å². The van der Waals surface area contributed by atoms with Gasteiger partial charge in [-0.15, -0.1) is 10.2 Å². The van der Waals surface area contributed by atoms with Gasteiger partial charge in [0.15, 0.2) is 11.8 Å². The lowest BCUT2D eigenvalue weighted by Gasteiger charge is -2.21. The number of aliphatic imine (C=N–C) groups is 1. The lowest BCUT2D eigenvalue weighted by atomic mass is 10.1. The molecule has 1 unspecified atom stereocenters. The molecule has 1 aromatic carbocycles. The van der Waals surface area contributed by atoms with Crippen molar-refractivity contribution in [2.75, 3.05) is 34.0 Å². The summed E-state index contributed by atoms with van der Waals surface area (Å²) in [6.07, 6.45) is 0.883. The van der Waals surface area contributed by atoms with Crippen LogP contribution >= 0.6 is 0 Å². The fraction of sp³-hybridized carbons (Fsp3) is 0.571. The second kappa shape index (κ2) is 12.0. The first-order valence-corrected chi connectivity index (χ1v) is 10.2. The number of aromatic nitrogens is 3. The van der Waals surface area contributed by atoms with Crippen LogP contribution in [0.5, 0.6) is 11.5 Å². The molecular formula is C21H34N6O3. The van der Waals surface area contributed by atoms with Crippen LogP contribution in [0.3, 0.4) is 0 Å². The molecule has 0 aliphatic carbocycles. The van der Waals surface area contributed by atoms with Crippen molar-refractivity contribution in [3.63, 3.8) is 0 Å². The molecule has 0 fully saturated rings. The van der Waals surface area contributed by atoms with E-state index in [2.05, 4.69) is 27.8 Å². The largest absolute Gasteiger partial charge is 0.497 e. The molecule has 1 atom stereocenters. The SMILES string of the molecule is CCOCCCNC(=NCc1nnc(C)n1C)NC(C)c1cc(OC)ccc1OC. The highest BCUT2D eigenvalue weighted by Gasteiger charge is 2.15. The highest BCUT2D eigenvalue weighted by atomic mass is 16.5. The molecule has 2 aromatic rings. The first-order chi connectivity index (χ1) is 14.5. The zero-order valence-electron chi connectivity index (χ0n) is 18.9. The Hall–Kier alpha value is -2.81. The summed E-state index contributed by atoms with van der Waals surface area (Å²) in [7, 11) is 5.25. The van der Waals surface area contributed by atoms with Crippen LogP contribution in [0.25, 0.3) is 0 Å². The van der Waals surface area contributed by atoms with Crippen LogP contribution in [0.1, 0.15) is 43.5 Å². The second-order valence-corrected chi connectivity index (χ2v) is 6.84. The van der Waals surface area contributed by atoms with E-state index in [1.165, 1.54) is 0 Å². The summed E-state index contributed by atoms with van der Waals surface area (Å²) >= 11 is 0. The molecule has 0 saturated heterocycles. The van der Waals surface area contributed by atoms with Crippen molar-refractivity contribution in [1.29, 1.82) is 0 Å². The van der Waals surface area contributed by atoms with Crippen LogP contribution in [-0.2, 0) is 18.3 Å². The molecule has 2 N–H and O–H groups in total. The van der Waals surface area contributed by atoms with Gasteiger partial charge in [-0.05, 0) is 45.4 Å². The third-order valence-electron chi connectivity index (χ3n) is 4.78. The van der Waals surface area contributed by atoms with Gasteiger partial charge in [-0.2, -0.15) is 0 Å². The van der Waals surface area contributed by atoms with E-state index in [-0.39, 0.29) is 6.04 Å². The van der Waals surface area contributed by atoms with Crippen LogP contribution in [0.4, 0.5) is 0 Å². The summed E-state index contributed by atoms with van der Waals surface area (Å²) in [4.78, 5) is 4.71. The fourth-order valence-corrected chi connectivity index (χ4v) is 2.88. The third kappa shape index (κ3) is 6.62. The Morgan fingerprint density at radius 2 is 2.03 bits per heavy atom. The molecule has 0 aliphatic heterocycles. The first kappa shape index (κ1) is 23.5. The van der Waals surface area contributed by atoms with Gasteiger partial charge in [-0.1, -0.05) is 0 Å². The minimum absolute atomic E-state index is 0.0607. The molecule has 2 rings (SSSR count). The number of hydrogen-bond donors (Lipinski definition) is 2. The third-order valence-corrected chi connectivity index (χ3v) is 4.78. The summed E-state index contributed by atoms with van der Waals surface area (Å²) < 4.78 is 18.3. The van der Waals surface area contributed by atoms with E-state index >= 15 is 0 Å². The smallest absolute Gasteiger partial charge is 0.192 e. The number of ether oxygens (including phenoxy) is 3. The molecule has 0 amide bonds. The van der Waals surface area contributed by atoms with E-state index < -0.39 is 0 Å².